The lowest BCUT2D eigenvalue weighted by Crippen LogP contribution is -2.08. The van der Waals surface area contributed by atoms with Gasteiger partial charge < -0.3 is 10.3 Å². The molecular weight excluding hydrogens is 186 g/mol. The van der Waals surface area contributed by atoms with Crippen LogP contribution in [0.2, 0.25) is 0 Å². The van der Waals surface area contributed by atoms with Crippen LogP contribution < -0.4 is 5.32 Å². The molecule has 3 heteroatoms. The first-order valence-electron chi connectivity index (χ1n) is 6.01. The van der Waals surface area contributed by atoms with Gasteiger partial charge in [0.05, 0.1) is 5.69 Å². The zero-order valence-electron chi connectivity index (χ0n) is 9.77. The molecule has 0 saturated heterocycles. The number of H-pyrrole nitrogens is 1. The fraction of sp³-hybridized carbons (Fsp3) is 0.750. The molecule has 1 heterocycles. The average Bonchev–Trinajstić information content (AvgIpc) is 2.63. The van der Waals surface area contributed by atoms with Gasteiger partial charge in [-0.3, -0.25) is 0 Å². The van der Waals surface area contributed by atoms with Gasteiger partial charge in [-0.1, -0.05) is 19.3 Å². The summed E-state index contributed by atoms with van der Waals surface area (Å²) in [4.78, 5) is 8.15. The monoisotopic (exact) mass is 207 g/mol. The Kier molecular flexibility index (Phi) is 3.41. The normalized spacial score (nSPS) is 18.3. The number of nitrogens with zero attached hydrogens (tertiary/aromatic N) is 1. The van der Waals surface area contributed by atoms with Gasteiger partial charge in [-0.2, -0.15) is 0 Å². The number of aryl methyl sites for hydroxylation is 1. The molecule has 0 unspecified atom stereocenters. The second kappa shape index (κ2) is 4.79. The Morgan fingerprint density at radius 2 is 2.07 bits per heavy atom. The molecule has 3 nitrogen and oxygen atoms in total. The van der Waals surface area contributed by atoms with Crippen molar-refractivity contribution in [2.24, 2.45) is 0 Å². The van der Waals surface area contributed by atoms with E-state index in [0.717, 1.165) is 6.54 Å². The van der Waals surface area contributed by atoms with Gasteiger partial charge in [0.15, 0.2) is 0 Å². The topological polar surface area (TPSA) is 40.7 Å². The molecule has 0 radical (unpaired) electrons. The molecule has 1 aliphatic carbocycles. The maximum atomic E-state index is 4.71. The zero-order valence-corrected chi connectivity index (χ0v) is 9.77. The van der Waals surface area contributed by atoms with Crippen LogP contribution in [-0.2, 0) is 6.54 Å². The van der Waals surface area contributed by atoms with E-state index in [1.165, 1.54) is 49.3 Å². The van der Waals surface area contributed by atoms with Crippen molar-refractivity contribution in [3.8, 4) is 0 Å². The highest BCUT2D eigenvalue weighted by Crippen LogP contribution is 2.31. The van der Waals surface area contributed by atoms with E-state index in [9.17, 15) is 0 Å². The van der Waals surface area contributed by atoms with Crippen molar-refractivity contribution in [1.29, 1.82) is 0 Å². The Hall–Kier alpha value is -0.830. The molecule has 0 bridgehead atoms. The van der Waals surface area contributed by atoms with Gasteiger partial charge in [0.2, 0.25) is 0 Å². The first-order chi connectivity index (χ1) is 7.31. The number of nitrogens with one attached hydrogen (secondary N) is 2. The Morgan fingerprint density at radius 3 is 2.73 bits per heavy atom. The predicted molar refractivity (Wildman–Crippen MR) is 61.9 cm³/mol. The van der Waals surface area contributed by atoms with Crippen molar-refractivity contribution in [3.63, 3.8) is 0 Å². The summed E-state index contributed by atoms with van der Waals surface area (Å²) in [5, 5.41) is 3.16. The minimum Gasteiger partial charge on any atom is -0.346 e. The first-order valence-corrected chi connectivity index (χ1v) is 6.01. The second-order valence-corrected chi connectivity index (χ2v) is 4.56. The quantitative estimate of drug-likeness (QED) is 0.799. The number of rotatable bonds is 3. The van der Waals surface area contributed by atoms with E-state index in [-0.39, 0.29) is 0 Å². The van der Waals surface area contributed by atoms with Crippen LogP contribution in [-0.4, -0.2) is 17.0 Å². The van der Waals surface area contributed by atoms with E-state index in [0.29, 0.717) is 5.92 Å². The van der Waals surface area contributed by atoms with E-state index >= 15 is 0 Å². The smallest absolute Gasteiger partial charge is 0.109 e. The van der Waals surface area contributed by atoms with Crippen LogP contribution in [0.5, 0.6) is 0 Å². The highest BCUT2D eigenvalue weighted by molar-refractivity contribution is 5.15. The van der Waals surface area contributed by atoms with Crippen LogP contribution >= 0.6 is 0 Å². The maximum absolute atomic E-state index is 4.71. The Morgan fingerprint density at radius 1 is 1.33 bits per heavy atom. The van der Waals surface area contributed by atoms with Gasteiger partial charge in [0.1, 0.15) is 5.82 Å². The lowest BCUT2D eigenvalue weighted by molar-refractivity contribution is 0.430. The standard InChI is InChI=1S/C12H21N3/c1-9-11(8-13-2)15-12(14-9)10-6-4-3-5-7-10/h10,13H,3-8H2,1-2H3,(H,14,15). The Bertz CT molecular complexity index is 311. The van der Waals surface area contributed by atoms with E-state index in [1.54, 1.807) is 0 Å². The number of imidazole rings is 1. The van der Waals surface area contributed by atoms with Crippen molar-refractivity contribution in [1.82, 2.24) is 15.3 Å². The van der Waals surface area contributed by atoms with Crippen LogP contribution in [0.1, 0.15) is 55.2 Å². The molecule has 1 fully saturated rings. The minimum absolute atomic E-state index is 0.683. The maximum Gasteiger partial charge on any atom is 0.109 e. The summed E-state index contributed by atoms with van der Waals surface area (Å²) in [5.74, 6) is 1.90. The van der Waals surface area contributed by atoms with Crippen molar-refractivity contribution >= 4 is 0 Å². The van der Waals surface area contributed by atoms with Crippen LogP contribution in [0, 0.1) is 6.92 Å². The van der Waals surface area contributed by atoms with E-state index in [1.807, 2.05) is 7.05 Å². The van der Waals surface area contributed by atoms with Gasteiger partial charge in [0.25, 0.3) is 0 Å². The van der Waals surface area contributed by atoms with Crippen molar-refractivity contribution in [3.05, 3.63) is 17.2 Å². The lowest BCUT2D eigenvalue weighted by atomic mass is 9.89. The Labute approximate surface area is 91.7 Å². The molecule has 1 aromatic rings. The molecule has 0 aliphatic heterocycles. The van der Waals surface area contributed by atoms with E-state index < -0.39 is 0 Å². The molecule has 2 rings (SSSR count). The van der Waals surface area contributed by atoms with Gasteiger partial charge >= 0.3 is 0 Å². The summed E-state index contributed by atoms with van der Waals surface area (Å²) in [6.45, 7) is 2.99. The summed E-state index contributed by atoms with van der Waals surface area (Å²) in [6.07, 6.45) is 6.76. The largest absolute Gasteiger partial charge is 0.346 e. The van der Waals surface area contributed by atoms with Crippen LogP contribution in [0.3, 0.4) is 0 Å². The summed E-state index contributed by atoms with van der Waals surface area (Å²) in [7, 11) is 1.97. The average molecular weight is 207 g/mol. The third kappa shape index (κ3) is 2.40. The number of aromatic amines is 1. The SMILES string of the molecule is CNCc1nc(C2CCCCC2)[nH]c1C. The zero-order chi connectivity index (χ0) is 10.7. The number of aromatic nitrogens is 2. The number of hydrogen-bond acceptors (Lipinski definition) is 2. The second-order valence-electron chi connectivity index (χ2n) is 4.56. The van der Waals surface area contributed by atoms with Crippen molar-refractivity contribution in [2.75, 3.05) is 7.05 Å². The molecule has 84 valence electrons. The van der Waals surface area contributed by atoms with E-state index in [4.69, 9.17) is 4.98 Å². The van der Waals surface area contributed by atoms with E-state index in [2.05, 4.69) is 17.2 Å². The minimum atomic E-state index is 0.683. The molecule has 1 aliphatic rings. The fourth-order valence-electron chi connectivity index (χ4n) is 2.43. The van der Waals surface area contributed by atoms with Crippen LogP contribution in [0.15, 0.2) is 0 Å². The molecule has 1 saturated carbocycles. The van der Waals surface area contributed by atoms with Crippen molar-refractivity contribution < 1.29 is 0 Å². The highest BCUT2D eigenvalue weighted by atomic mass is 15.0. The van der Waals surface area contributed by atoms with Gasteiger partial charge in [-0.15, -0.1) is 0 Å². The van der Waals surface area contributed by atoms with Crippen LogP contribution in [0.25, 0.3) is 0 Å². The first kappa shape index (κ1) is 10.7. The number of hydrogen-bond donors (Lipinski definition) is 2. The highest BCUT2D eigenvalue weighted by Gasteiger charge is 2.19. The molecule has 15 heavy (non-hydrogen) atoms. The summed E-state index contributed by atoms with van der Waals surface area (Å²) in [5.41, 5.74) is 2.41. The van der Waals surface area contributed by atoms with Crippen LogP contribution in [0.4, 0.5) is 0 Å². The Balaban J connectivity index is 2.10. The molecule has 0 aromatic carbocycles. The molecule has 0 amide bonds. The molecule has 1 aromatic heterocycles. The fourth-order valence-corrected chi connectivity index (χ4v) is 2.43. The molecule has 0 atom stereocenters. The summed E-state index contributed by atoms with van der Waals surface area (Å²) in [6, 6.07) is 0. The third-order valence-corrected chi connectivity index (χ3v) is 3.34. The van der Waals surface area contributed by atoms with Crippen molar-refractivity contribution in [2.45, 2.75) is 51.5 Å². The predicted octanol–water partition coefficient (Wildman–Crippen LogP) is 2.49. The summed E-state index contributed by atoms with van der Waals surface area (Å²) >= 11 is 0. The van der Waals surface area contributed by atoms with Gasteiger partial charge in [-0.25, -0.2) is 4.98 Å². The summed E-state index contributed by atoms with van der Waals surface area (Å²) < 4.78 is 0. The lowest BCUT2D eigenvalue weighted by Gasteiger charge is -2.19. The van der Waals surface area contributed by atoms with Gasteiger partial charge in [0, 0.05) is 18.2 Å². The molecule has 0 spiro atoms. The molecule has 2 N–H and O–H groups in total. The van der Waals surface area contributed by atoms with Gasteiger partial charge in [-0.05, 0) is 26.8 Å². The molecular formula is C12H21N3. The third-order valence-electron chi connectivity index (χ3n) is 3.34.